The summed E-state index contributed by atoms with van der Waals surface area (Å²) >= 11 is 0. The van der Waals surface area contributed by atoms with E-state index in [4.69, 9.17) is 76.2 Å². The lowest BCUT2D eigenvalue weighted by atomic mass is 9.33. The van der Waals surface area contributed by atoms with Crippen molar-refractivity contribution in [2.75, 3.05) is 13.2 Å². The Morgan fingerprint density at radius 2 is 1.03 bits per heavy atom. The molecule has 0 spiro atoms. The largest absolute Gasteiger partial charge is 0.432 e. The van der Waals surface area contributed by atoms with Crippen molar-refractivity contribution in [3.05, 3.63) is 191 Å². The van der Waals surface area contributed by atoms with Gasteiger partial charge in [-0.25, -0.2) is 0 Å². The Morgan fingerprint density at radius 1 is 0.521 bits per heavy atom. The predicted molar refractivity (Wildman–Crippen MR) is 456 cm³/mol. The molecule has 4 saturated carbocycles. The standard InChI is InChI=1S/C97H137NO17Si2/c1-16-116(17-2,18-3)114-77-50-51-93(12)75(94(77,13)64-99)49-52-95(14)76(93)48-47-71-72-55-91(8,9)53-54-97(72,78(56-96(71,95)15)115-117(19-4,20-5)21-6)90(100)111-88-85(82(104-60-69-43-33-25-34-44-69)79(98)73(108-88)62-101-57-66-37-27-22-28-38-66)110-89-86-83(112-92(10,11)113-86)80(65(7)107-89)109-87-84(105-61-70-45-35-26-36-46-70)81(103-59-68-41-31-24-32-42-68)74(63-106-87)102-58-67-39-29-23-30-40-67/h22-47,64-65,72-89H,16-21,48-63,98H2,1-15H3/t65-,72-,73+,74+,75+,76+,77-,78+,79-,80-,81-,82-,83+,84+,85+,86+,87-,88-,89-,93-,94-,95+,96+,97+/m0/s1. The fourth-order valence-corrected chi connectivity index (χ4v) is 28.9. The molecule has 9 aliphatic rings. The molecule has 0 amide bonds. The molecule has 20 heteroatoms. The minimum Gasteiger partial charge on any atom is -0.432 e. The van der Waals surface area contributed by atoms with Crippen molar-refractivity contribution in [2.24, 2.45) is 56.0 Å². The summed E-state index contributed by atoms with van der Waals surface area (Å²) in [5.74, 6) is -1.42. The SMILES string of the molecule is CC[Si](CC)(CC)O[C@H]1CC[C@]2(C)[C@H]3CC=C4[C@@H]5CC(C)(C)CC[C@]5(C(=O)O[C@@H]5O[C@H](COCc6ccccc6)[C@H](N)[C@H](OCc6ccccc6)[C@H]5O[C@@H]5O[C@@H](C)[C@H](O[C@@H]6OC[C@@H](OCc7ccccc7)[C@H](OCc7ccccc7)[C@H]6OCc6ccccc6)[C@H]6OC(C)(C)O[C@@H]56)[C@H](O[Si](CC)(CC)CC)C[C@@]4(C)[C@]3(C)CC[C@H]2[C@]1(C)C=O. The molecule has 24 atom stereocenters. The Kier molecular flexibility index (Phi) is 27.6. The van der Waals surface area contributed by atoms with Crippen LogP contribution in [0.2, 0.25) is 36.3 Å². The van der Waals surface area contributed by atoms with Crippen LogP contribution in [0.3, 0.4) is 0 Å². The van der Waals surface area contributed by atoms with Gasteiger partial charge in [0.25, 0.3) is 0 Å². The second-order valence-corrected chi connectivity index (χ2v) is 47.5. The molecule has 0 radical (unpaired) electrons. The van der Waals surface area contributed by atoms with E-state index in [1.54, 1.807) is 0 Å². The van der Waals surface area contributed by atoms with Crippen LogP contribution in [-0.2, 0) is 113 Å². The first-order valence-corrected chi connectivity index (χ1v) is 49.6. The van der Waals surface area contributed by atoms with Gasteiger partial charge in [-0.2, -0.15) is 0 Å². The first-order valence-electron chi connectivity index (χ1n) is 44.5. The molecular formula is C97H137NO17Si2. The summed E-state index contributed by atoms with van der Waals surface area (Å²) in [5, 5.41) is 0. The molecule has 5 aromatic carbocycles. The molecule has 640 valence electrons. The lowest BCUT2D eigenvalue weighted by molar-refractivity contribution is -0.365. The normalized spacial score (nSPS) is 37.1. The third kappa shape index (κ3) is 17.8. The van der Waals surface area contributed by atoms with E-state index < -0.39 is 131 Å². The number of nitrogens with two attached hydrogens (primary N) is 1. The molecule has 0 aromatic heterocycles. The van der Waals surface area contributed by atoms with Gasteiger partial charge in [0.2, 0.25) is 6.29 Å². The summed E-state index contributed by atoms with van der Waals surface area (Å²) in [5.41, 5.74) is 11.2. The fraction of sp³-hybridized carbons (Fsp3) is 0.649. The molecule has 5 aliphatic carbocycles. The second kappa shape index (κ2) is 36.7. The number of allylic oxidation sites excluding steroid dienone is 2. The van der Waals surface area contributed by atoms with Crippen LogP contribution in [0.25, 0.3) is 0 Å². The molecule has 8 fully saturated rings. The van der Waals surface area contributed by atoms with Gasteiger partial charge in [0, 0.05) is 0 Å². The van der Waals surface area contributed by atoms with Crippen molar-refractivity contribution >= 4 is 28.9 Å². The van der Waals surface area contributed by atoms with Gasteiger partial charge >= 0.3 is 5.97 Å². The minimum absolute atomic E-state index is 0.0413. The summed E-state index contributed by atoms with van der Waals surface area (Å²) < 4.78 is 109. The topological polar surface area (TPSA) is 199 Å². The first-order chi connectivity index (χ1) is 56.2. The number of carbonyl (C=O) groups excluding carboxylic acids is 2. The van der Waals surface area contributed by atoms with Crippen molar-refractivity contribution in [3.8, 4) is 0 Å². The van der Waals surface area contributed by atoms with Gasteiger partial charge in [-0.3, -0.25) is 4.79 Å². The maximum atomic E-state index is 17.6. The lowest BCUT2D eigenvalue weighted by Crippen LogP contribution is -2.70. The van der Waals surface area contributed by atoms with Gasteiger partial charge in [0.15, 0.2) is 41.1 Å². The molecule has 117 heavy (non-hydrogen) atoms. The fourth-order valence-electron chi connectivity index (χ4n) is 23.1. The molecule has 4 heterocycles. The Bertz CT molecular complexity index is 4050. The maximum absolute atomic E-state index is 17.6. The van der Waals surface area contributed by atoms with Crippen molar-refractivity contribution < 1.29 is 80.0 Å². The van der Waals surface area contributed by atoms with Gasteiger partial charge in [-0.15, -0.1) is 0 Å². The highest BCUT2D eigenvalue weighted by Crippen LogP contribution is 2.77. The lowest BCUT2D eigenvalue weighted by Gasteiger charge is -2.72. The van der Waals surface area contributed by atoms with Crippen LogP contribution < -0.4 is 5.73 Å². The zero-order valence-electron chi connectivity index (χ0n) is 72.6. The van der Waals surface area contributed by atoms with Crippen molar-refractivity contribution in [3.63, 3.8) is 0 Å². The Balaban J connectivity index is 0.825. The van der Waals surface area contributed by atoms with Crippen LogP contribution in [-0.4, -0.2) is 146 Å². The highest BCUT2D eigenvalue weighted by atomic mass is 28.4. The van der Waals surface area contributed by atoms with Crippen LogP contribution in [0.1, 0.15) is 189 Å². The number of esters is 1. The van der Waals surface area contributed by atoms with Crippen molar-refractivity contribution in [1.82, 2.24) is 0 Å². The summed E-state index contributed by atoms with van der Waals surface area (Å²) in [4.78, 5) is 31.8. The summed E-state index contributed by atoms with van der Waals surface area (Å²) in [7, 11) is -4.63. The number of hydrogen-bond donors (Lipinski definition) is 1. The number of hydrogen-bond acceptors (Lipinski definition) is 18. The third-order valence-corrected chi connectivity index (χ3v) is 39.9. The zero-order chi connectivity index (χ0) is 82.8. The average molecular weight is 1650 g/mol. The number of rotatable bonds is 33. The van der Waals surface area contributed by atoms with Crippen LogP contribution in [0.15, 0.2) is 163 Å². The molecular weight excluding hydrogens is 1510 g/mol. The molecule has 14 rings (SSSR count). The second-order valence-electron chi connectivity index (χ2n) is 38.0. The number of fused-ring (bicyclic) bond motifs is 8. The molecule has 2 N–H and O–H groups in total. The van der Waals surface area contributed by atoms with Crippen LogP contribution >= 0.6 is 0 Å². The van der Waals surface area contributed by atoms with Gasteiger partial charge < -0.3 is 81.0 Å². The maximum Gasteiger partial charge on any atom is 0.317 e. The smallest absolute Gasteiger partial charge is 0.317 e. The molecule has 4 saturated heterocycles. The molecule has 0 unspecified atom stereocenters. The van der Waals surface area contributed by atoms with Crippen molar-refractivity contribution in [2.45, 2.75) is 335 Å². The Hall–Kier alpha value is -5.19. The third-order valence-electron chi connectivity index (χ3n) is 30.6. The quantitative estimate of drug-likeness (QED) is 0.0180. The van der Waals surface area contributed by atoms with E-state index in [-0.39, 0.29) is 85.7 Å². The summed E-state index contributed by atoms with van der Waals surface area (Å²) in [6.07, 6.45) is -1.68. The van der Waals surface area contributed by atoms with E-state index in [0.717, 1.165) is 109 Å². The monoisotopic (exact) mass is 1640 g/mol. The van der Waals surface area contributed by atoms with Crippen molar-refractivity contribution in [1.29, 1.82) is 0 Å². The van der Waals surface area contributed by atoms with E-state index in [1.807, 2.05) is 172 Å². The van der Waals surface area contributed by atoms with E-state index >= 15 is 4.79 Å². The highest BCUT2D eigenvalue weighted by molar-refractivity contribution is 6.74. The number of aldehydes is 1. The zero-order valence-corrected chi connectivity index (χ0v) is 74.6. The predicted octanol–water partition coefficient (Wildman–Crippen LogP) is 18.9. The highest BCUT2D eigenvalue weighted by Gasteiger charge is 2.74. The molecule has 4 aliphatic heterocycles. The summed E-state index contributed by atoms with van der Waals surface area (Å²) in [6.45, 7) is 35.6. The summed E-state index contributed by atoms with van der Waals surface area (Å²) in [6, 6.07) is 55.1. The number of carbonyl (C=O) groups is 2. The van der Waals surface area contributed by atoms with E-state index in [1.165, 1.54) is 11.9 Å². The van der Waals surface area contributed by atoms with Gasteiger partial charge in [0.05, 0.1) is 81.4 Å². The minimum atomic E-state index is -2.56. The molecule has 5 aromatic rings. The van der Waals surface area contributed by atoms with Gasteiger partial charge in [0.1, 0.15) is 55.1 Å². The van der Waals surface area contributed by atoms with Gasteiger partial charge in [-0.05, 0) is 182 Å². The Labute approximate surface area is 700 Å². The Morgan fingerprint density at radius 3 is 1.57 bits per heavy atom. The molecule has 0 bridgehead atoms. The van der Waals surface area contributed by atoms with Gasteiger partial charge in [-0.1, -0.05) is 246 Å². The molecule has 18 nitrogen and oxygen atoms in total. The van der Waals surface area contributed by atoms with E-state index in [2.05, 4.69) is 89.2 Å². The van der Waals surface area contributed by atoms with E-state index in [9.17, 15) is 4.79 Å². The number of benzene rings is 5. The van der Waals surface area contributed by atoms with Crippen LogP contribution in [0.4, 0.5) is 0 Å². The van der Waals surface area contributed by atoms with E-state index in [0.29, 0.717) is 19.4 Å². The number of ether oxygens (including phenoxy) is 13. The average Bonchev–Trinajstić information content (AvgIpc) is 1.06. The van der Waals surface area contributed by atoms with Crippen LogP contribution in [0, 0.1) is 50.2 Å². The first kappa shape index (κ1) is 88.1. The van der Waals surface area contributed by atoms with Crippen LogP contribution in [0.5, 0.6) is 0 Å².